The van der Waals surface area contributed by atoms with Crippen LogP contribution in [0.4, 0.5) is 14.5 Å². The Morgan fingerprint density at radius 1 is 1.27 bits per heavy atom. The fraction of sp³-hybridized carbons (Fsp3) is 0.158. The highest BCUT2D eigenvalue weighted by atomic mass is 35.5. The van der Waals surface area contributed by atoms with Crippen LogP contribution in [-0.2, 0) is 12.1 Å². The molecular formula is C19H14Cl2F2N6O. The van der Waals surface area contributed by atoms with Gasteiger partial charge in [-0.2, -0.15) is 0 Å². The molecule has 0 aliphatic carbocycles. The van der Waals surface area contributed by atoms with E-state index in [2.05, 4.69) is 20.3 Å². The number of rotatable bonds is 3. The number of hydrogen-bond donors (Lipinski definition) is 2. The summed E-state index contributed by atoms with van der Waals surface area (Å²) >= 11 is 12.2. The zero-order valence-corrected chi connectivity index (χ0v) is 17.0. The maximum atomic E-state index is 14.8. The number of nitrogens with one attached hydrogen (secondary N) is 1. The first-order valence-electron chi connectivity index (χ1n) is 8.68. The summed E-state index contributed by atoms with van der Waals surface area (Å²) < 4.78 is 29.3. The van der Waals surface area contributed by atoms with E-state index in [0.717, 1.165) is 12.3 Å². The topological polar surface area (TPSA) is 98.2 Å². The van der Waals surface area contributed by atoms with Crippen LogP contribution in [-0.4, -0.2) is 26.3 Å². The van der Waals surface area contributed by atoms with Gasteiger partial charge in [-0.05, 0) is 37.3 Å². The normalized spacial score (nSPS) is 18.0. The predicted molar refractivity (Wildman–Crippen MR) is 109 cm³/mol. The number of aliphatic imine (C=N–C) groups is 1. The molecule has 0 unspecified atom stereocenters. The Labute approximate surface area is 179 Å². The first kappa shape index (κ1) is 20.2. The molecule has 1 atom stereocenters. The summed E-state index contributed by atoms with van der Waals surface area (Å²) in [6, 6.07) is 6.42. The average Bonchev–Trinajstić information content (AvgIpc) is 2.98. The zero-order chi connectivity index (χ0) is 21.6. The van der Waals surface area contributed by atoms with E-state index in [-0.39, 0.29) is 33.9 Å². The standard InChI is InChI=1S/C19H14Cl2F2N6O/c1-19(8-29-15(21)14(20)27-17(29)16(24)28-19)11-6-10(3-4-12(11)23)26-18(30)13-5-2-9(22)7-25-13/h2-7H,8H2,1H3,(H2,24,28)(H,26,30)/t19-/m0/s1. The molecule has 0 radical (unpaired) electrons. The molecule has 3 heterocycles. The third kappa shape index (κ3) is 3.50. The molecule has 11 heteroatoms. The number of anilines is 1. The quantitative estimate of drug-likeness (QED) is 0.634. The number of amides is 1. The number of hydrogen-bond acceptors (Lipinski definition) is 5. The first-order valence-corrected chi connectivity index (χ1v) is 9.44. The van der Waals surface area contributed by atoms with Crippen LogP contribution >= 0.6 is 23.2 Å². The molecule has 7 nitrogen and oxygen atoms in total. The molecule has 2 aromatic heterocycles. The van der Waals surface area contributed by atoms with Crippen molar-refractivity contribution in [2.75, 3.05) is 5.32 Å². The molecule has 0 fully saturated rings. The molecule has 4 rings (SSSR count). The van der Waals surface area contributed by atoms with Crippen molar-refractivity contribution in [2.24, 2.45) is 10.7 Å². The minimum Gasteiger partial charge on any atom is -0.381 e. The van der Waals surface area contributed by atoms with Crippen LogP contribution in [0.15, 0.2) is 41.5 Å². The van der Waals surface area contributed by atoms with Gasteiger partial charge >= 0.3 is 0 Å². The van der Waals surface area contributed by atoms with Crippen LogP contribution in [0.3, 0.4) is 0 Å². The van der Waals surface area contributed by atoms with E-state index in [1.807, 2.05) is 0 Å². The highest BCUT2D eigenvalue weighted by Gasteiger charge is 2.37. The lowest BCUT2D eigenvalue weighted by molar-refractivity contribution is 0.102. The van der Waals surface area contributed by atoms with Crippen LogP contribution in [0.1, 0.15) is 28.8 Å². The van der Waals surface area contributed by atoms with Gasteiger partial charge in [-0.3, -0.25) is 9.79 Å². The summed E-state index contributed by atoms with van der Waals surface area (Å²) in [5.74, 6) is -1.32. The molecule has 3 aromatic rings. The minimum absolute atomic E-state index is 0.0119. The minimum atomic E-state index is -1.14. The molecule has 1 aliphatic rings. The Hall–Kier alpha value is -3.04. The van der Waals surface area contributed by atoms with Crippen LogP contribution < -0.4 is 11.1 Å². The van der Waals surface area contributed by atoms with Gasteiger partial charge < -0.3 is 15.6 Å². The predicted octanol–water partition coefficient (Wildman–Crippen LogP) is 3.75. The van der Waals surface area contributed by atoms with E-state index in [1.165, 1.54) is 24.3 Å². The number of fused-ring (bicyclic) bond motifs is 1. The molecule has 0 saturated heterocycles. The number of nitrogens with two attached hydrogens (primary N) is 1. The molecule has 154 valence electrons. The number of halogens is 4. The van der Waals surface area contributed by atoms with E-state index in [0.29, 0.717) is 11.5 Å². The van der Waals surface area contributed by atoms with E-state index < -0.39 is 23.1 Å². The van der Waals surface area contributed by atoms with E-state index in [1.54, 1.807) is 11.5 Å². The Kier molecular flexibility index (Phi) is 4.95. The maximum Gasteiger partial charge on any atom is 0.274 e. The second-order valence-corrected chi connectivity index (χ2v) is 7.60. The molecule has 1 amide bonds. The van der Waals surface area contributed by atoms with Gasteiger partial charge in [-0.1, -0.05) is 23.2 Å². The van der Waals surface area contributed by atoms with Crippen LogP contribution in [0.2, 0.25) is 10.3 Å². The fourth-order valence-corrected chi connectivity index (χ4v) is 3.63. The molecular weight excluding hydrogens is 437 g/mol. The molecule has 0 bridgehead atoms. The summed E-state index contributed by atoms with van der Waals surface area (Å²) in [7, 11) is 0. The molecule has 0 spiro atoms. The highest BCUT2D eigenvalue weighted by molar-refractivity contribution is 6.41. The second kappa shape index (κ2) is 7.33. The smallest absolute Gasteiger partial charge is 0.274 e. The van der Waals surface area contributed by atoms with Gasteiger partial charge in [0.2, 0.25) is 0 Å². The highest BCUT2D eigenvalue weighted by Crippen LogP contribution is 2.37. The average molecular weight is 451 g/mol. The number of carbonyl (C=O) groups excluding carboxylic acids is 1. The second-order valence-electron chi connectivity index (χ2n) is 6.88. The van der Waals surface area contributed by atoms with Crippen LogP contribution in [0, 0.1) is 11.6 Å². The number of benzene rings is 1. The van der Waals surface area contributed by atoms with E-state index >= 15 is 0 Å². The maximum absolute atomic E-state index is 14.8. The van der Waals surface area contributed by atoms with Gasteiger partial charge in [0.1, 0.15) is 28.0 Å². The summed E-state index contributed by atoms with van der Waals surface area (Å²) in [6.07, 6.45) is 0.934. The van der Waals surface area contributed by atoms with Gasteiger partial charge in [0.15, 0.2) is 16.8 Å². The van der Waals surface area contributed by atoms with Gasteiger partial charge in [0.25, 0.3) is 5.91 Å². The first-order chi connectivity index (χ1) is 14.2. The van der Waals surface area contributed by atoms with Crippen molar-refractivity contribution in [3.8, 4) is 0 Å². The van der Waals surface area contributed by atoms with Crippen molar-refractivity contribution in [2.45, 2.75) is 19.0 Å². The lowest BCUT2D eigenvalue weighted by Gasteiger charge is -2.32. The Balaban J connectivity index is 1.68. The molecule has 0 saturated carbocycles. The van der Waals surface area contributed by atoms with Crippen molar-refractivity contribution < 1.29 is 13.6 Å². The number of carbonyl (C=O) groups is 1. The largest absolute Gasteiger partial charge is 0.381 e. The SMILES string of the molecule is C[C@@]1(c2cc(NC(=O)c3ccc(F)cn3)ccc2F)Cn2c(nc(Cl)c2Cl)C(N)=N1. The lowest BCUT2D eigenvalue weighted by Crippen LogP contribution is -2.38. The summed E-state index contributed by atoms with van der Waals surface area (Å²) in [4.78, 5) is 24.6. The molecule has 1 aliphatic heterocycles. The third-order valence-corrected chi connectivity index (χ3v) is 5.44. The van der Waals surface area contributed by atoms with Crippen molar-refractivity contribution in [3.05, 3.63) is 75.6 Å². The Morgan fingerprint density at radius 2 is 2.03 bits per heavy atom. The van der Waals surface area contributed by atoms with E-state index in [4.69, 9.17) is 28.9 Å². The van der Waals surface area contributed by atoms with Gasteiger partial charge in [-0.15, -0.1) is 0 Å². The molecule has 30 heavy (non-hydrogen) atoms. The van der Waals surface area contributed by atoms with E-state index in [9.17, 15) is 13.6 Å². The van der Waals surface area contributed by atoms with Crippen molar-refractivity contribution in [1.82, 2.24) is 14.5 Å². The third-order valence-electron chi connectivity index (χ3n) is 4.69. The summed E-state index contributed by atoms with van der Waals surface area (Å²) in [6.45, 7) is 1.81. The van der Waals surface area contributed by atoms with Crippen LogP contribution in [0.25, 0.3) is 0 Å². The lowest BCUT2D eigenvalue weighted by atomic mass is 9.90. The van der Waals surface area contributed by atoms with Gasteiger partial charge in [-0.25, -0.2) is 18.7 Å². The number of aromatic nitrogens is 3. The van der Waals surface area contributed by atoms with Gasteiger partial charge in [0, 0.05) is 11.3 Å². The van der Waals surface area contributed by atoms with Gasteiger partial charge in [0.05, 0.1) is 12.7 Å². The Bertz CT molecular complexity index is 1190. The molecule has 1 aromatic carbocycles. The fourth-order valence-electron chi connectivity index (χ4n) is 3.27. The molecule has 3 N–H and O–H groups in total. The number of amidine groups is 1. The number of nitrogens with zero attached hydrogens (tertiary/aromatic N) is 4. The zero-order valence-electron chi connectivity index (χ0n) is 15.5. The Morgan fingerprint density at radius 3 is 2.73 bits per heavy atom. The van der Waals surface area contributed by atoms with Crippen molar-refractivity contribution in [3.63, 3.8) is 0 Å². The number of pyridine rings is 1. The number of imidazole rings is 1. The summed E-state index contributed by atoms with van der Waals surface area (Å²) in [5, 5.41) is 2.85. The monoisotopic (exact) mass is 450 g/mol. The van der Waals surface area contributed by atoms with Crippen molar-refractivity contribution >= 4 is 40.6 Å². The summed E-state index contributed by atoms with van der Waals surface area (Å²) in [5.41, 5.74) is 5.38. The van der Waals surface area contributed by atoms with Crippen molar-refractivity contribution in [1.29, 1.82) is 0 Å². The van der Waals surface area contributed by atoms with Crippen LogP contribution in [0.5, 0.6) is 0 Å².